The summed E-state index contributed by atoms with van der Waals surface area (Å²) < 4.78 is 16.3. The standard InChI is InChI=1S/C27H26N2O4/c1-17-11-12-21(13-18(17)2)29-26(20-9-7-6-8-10-20)28-22(27(29)30)14-19-15-23(31-3)25(33-5)24(16-19)32-4/h6-16H,1-5H3. The molecule has 1 aliphatic rings. The number of rotatable bonds is 6. The zero-order valence-electron chi connectivity index (χ0n) is 19.4. The molecule has 0 atom stereocenters. The number of amidine groups is 1. The Hall–Kier alpha value is -4.06. The first-order valence-electron chi connectivity index (χ1n) is 10.5. The van der Waals surface area contributed by atoms with E-state index in [9.17, 15) is 4.79 Å². The number of hydrogen-bond acceptors (Lipinski definition) is 5. The van der Waals surface area contributed by atoms with Crippen LogP contribution in [0.3, 0.4) is 0 Å². The lowest BCUT2D eigenvalue weighted by molar-refractivity contribution is -0.113. The van der Waals surface area contributed by atoms with Crippen molar-refractivity contribution in [1.82, 2.24) is 0 Å². The van der Waals surface area contributed by atoms with Gasteiger partial charge in [0.05, 0.1) is 27.0 Å². The molecule has 0 saturated carbocycles. The summed E-state index contributed by atoms with van der Waals surface area (Å²) >= 11 is 0. The Bertz CT molecular complexity index is 1240. The van der Waals surface area contributed by atoms with Crippen molar-refractivity contribution < 1.29 is 19.0 Å². The highest BCUT2D eigenvalue weighted by Gasteiger charge is 2.32. The normalized spacial score (nSPS) is 14.5. The van der Waals surface area contributed by atoms with Crippen molar-refractivity contribution >= 4 is 23.5 Å². The van der Waals surface area contributed by atoms with Gasteiger partial charge in [0.1, 0.15) is 11.5 Å². The highest BCUT2D eigenvalue weighted by Crippen LogP contribution is 2.39. The largest absolute Gasteiger partial charge is 0.493 e. The average Bonchev–Trinajstić information content (AvgIpc) is 3.16. The van der Waals surface area contributed by atoms with E-state index in [4.69, 9.17) is 19.2 Å². The van der Waals surface area contributed by atoms with Crippen LogP contribution in [0, 0.1) is 13.8 Å². The molecule has 0 fully saturated rings. The fourth-order valence-corrected chi connectivity index (χ4v) is 3.74. The second-order valence-corrected chi connectivity index (χ2v) is 7.70. The number of aliphatic imine (C=N–C) groups is 1. The first-order valence-corrected chi connectivity index (χ1v) is 10.5. The molecule has 6 nitrogen and oxygen atoms in total. The number of benzene rings is 3. The number of methoxy groups -OCH3 is 3. The highest BCUT2D eigenvalue weighted by molar-refractivity contribution is 6.33. The molecule has 3 aromatic carbocycles. The molecule has 6 heteroatoms. The first kappa shape index (κ1) is 22.1. The summed E-state index contributed by atoms with van der Waals surface area (Å²) in [6.07, 6.45) is 1.73. The zero-order chi connectivity index (χ0) is 23.5. The molecule has 1 aliphatic heterocycles. The summed E-state index contributed by atoms with van der Waals surface area (Å²) in [5.74, 6) is 1.89. The second-order valence-electron chi connectivity index (χ2n) is 7.70. The Morgan fingerprint density at radius 2 is 1.48 bits per heavy atom. The van der Waals surface area contributed by atoms with Gasteiger partial charge in [-0.2, -0.15) is 0 Å². The minimum absolute atomic E-state index is 0.203. The summed E-state index contributed by atoms with van der Waals surface area (Å²) in [5.41, 5.74) is 4.94. The molecule has 0 saturated heterocycles. The molecule has 1 heterocycles. The van der Waals surface area contributed by atoms with Gasteiger partial charge in [-0.25, -0.2) is 4.99 Å². The van der Waals surface area contributed by atoms with E-state index >= 15 is 0 Å². The van der Waals surface area contributed by atoms with Crippen molar-refractivity contribution in [2.75, 3.05) is 26.2 Å². The van der Waals surface area contributed by atoms with Gasteiger partial charge in [0, 0.05) is 5.56 Å². The molecule has 0 aromatic heterocycles. The van der Waals surface area contributed by atoms with Crippen LogP contribution in [0.4, 0.5) is 5.69 Å². The Morgan fingerprint density at radius 3 is 2.06 bits per heavy atom. The van der Waals surface area contributed by atoms with Crippen LogP contribution in [0.25, 0.3) is 6.08 Å². The Labute approximate surface area is 193 Å². The van der Waals surface area contributed by atoms with Crippen molar-refractivity contribution in [1.29, 1.82) is 0 Å². The molecule has 0 unspecified atom stereocenters. The minimum Gasteiger partial charge on any atom is -0.493 e. The van der Waals surface area contributed by atoms with Crippen molar-refractivity contribution in [3.8, 4) is 17.2 Å². The quantitative estimate of drug-likeness (QED) is 0.495. The van der Waals surface area contributed by atoms with E-state index in [0.29, 0.717) is 34.3 Å². The van der Waals surface area contributed by atoms with E-state index in [-0.39, 0.29) is 5.91 Å². The zero-order valence-corrected chi connectivity index (χ0v) is 19.4. The number of amides is 1. The van der Waals surface area contributed by atoms with Crippen molar-refractivity contribution in [3.63, 3.8) is 0 Å². The van der Waals surface area contributed by atoms with E-state index in [2.05, 4.69) is 0 Å². The van der Waals surface area contributed by atoms with Gasteiger partial charge in [0.25, 0.3) is 5.91 Å². The number of nitrogens with zero attached hydrogens (tertiary/aromatic N) is 2. The molecule has 0 aliphatic carbocycles. The predicted molar refractivity (Wildman–Crippen MR) is 130 cm³/mol. The fraction of sp³-hybridized carbons (Fsp3) is 0.185. The van der Waals surface area contributed by atoms with Crippen molar-refractivity contribution in [2.24, 2.45) is 4.99 Å². The number of aryl methyl sites for hydroxylation is 2. The lowest BCUT2D eigenvalue weighted by Gasteiger charge is -2.19. The summed E-state index contributed by atoms with van der Waals surface area (Å²) in [6, 6.07) is 19.2. The number of carbonyl (C=O) groups is 1. The van der Waals surface area contributed by atoms with Crippen LogP contribution in [-0.2, 0) is 4.79 Å². The van der Waals surface area contributed by atoms with E-state index in [1.807, 2.05) is 62.4 Å². The molecule has 3 aromatic rings. The van der Waals surface area contributed by atoms with Gasteiger partial charge in [0.2, 0.25) is 5.75 Å². The molecule has 1 amide bonds. The number of hydrogen-bond donors (Lipinski definition) is 0. The van der Waals surface area contributed by atoms with Crippen LogP contribution in [0.5, 0.6) is 17.2 Å². The molecular formula is C27H26N2O4. The summed E-state index contributed by atoms with van der Waals surface area (Å²) in [6.45, 7) is 4.08. The lowest BCUT2D eigenvalue weighted by Crippen LogP contribution is -2.32. The number of anilines is 1. The van der Waals surface area contributed by atoms with Gasteiger partial charge in [-0.05, 0) is 60.9 Å². The van der Waals surface area contributed by atoms with E-state index < -0.39 is 0 Å². The third-order valence-electron chi connectivity index (χ3n) is 5.63. The third-order valence-corrected chi connectivity index (χ3v) is 5.63. The van der Waals surface area contributed by atoms with Crippen LogP contribution in [0.1, 0.15) is 22.3 Å². The van der Waals surface area contributed by atoms with Gasteiger partial charge >= 0.3 is 0 Å². The van der Waals surface area contributed by atoms with Crippen molar-refractivity contribution in [2.45, 2.75) is 13.8 Å². The number of carbonyl (C=O) groups excluding carboxylic acids is 1. The maximum absolute atomic E-state index is 13.6. The first-order chi connectivity index (χ1) is 16.0. The highest BCUT2D eigenvalue weighted by atomic mass is 16.5. The fourth-order valence-electron chi connectivity index (χ4n) is 3.74. The SMILES string of the molecule is COc1cc(C=C2N=C(c3ccccc3)N(c3ccc(C)c(C)c3)C2=O)cc(OC)c1OC. The van der Waals surface area contributed by atoms with Gasteiger partial charge < -0.3 is 14.2 Å². The maximum atomic E-state index is 13.6. The summed E-state index contributed by atoms with van der Waals surface area (Å²) in [7, 11) is 4.67. The van der Waals surface area contributed by atoms with Crippen LogP contribution in [-0.4, -0.2) is 33.1 Å². The predicted octanol–water partition coefficient (Wildman–Crippen LogP) is 5.16. The topological polar surface area (TPSA) is 60.4 Å². The van der Waals surface area contributed by atoms with Gasteiger partial charge in [-0.1, -0.05) is 36.4 Å². The molecule has 33 heavy (non-hydrogen) atoms. The van der Waals surface area contributed by atoms with E-state index in [1.165, 1.54) is 0 Å². The minimum atomic E-state index is -0.203. The third kappa shape index (κ3) is 4.20. The molecule has 0 radical (unpaired) electrons. The van der Waals surface area contributed by atoms with Gasteiger partial charge in [-0.3, -0.25) is 9.69 Å². The van der Waals surface area contributed by atoms with Crippen LogP contribution < -0.4 is 19.1 Å². The van der Waals surface area contributed by atoms with Crippen LogP contribution in [0.15, 0.2) is 71.4 Å². The van der Waals surface area contributed by atoms with E-state index in [1.54, 1.807) is 44.4 Å². The molecule has 4 rings (SSSR count). The lowest BCUT2D eigenvalue weighted by atomic mass is 10.1. The van der Waals surface area contributed by atoms with Gasteiger partial charge in [0.15, 0.2) is 11.5 Å². The Kier molecular flexibility index (Phi) is 6.18. The summed E-state index contributed by atoms with van der Waals surface area (Å²) in [5, 5.41) is 0. The van der Waals surface area contributed by atoms with E-state index in [0.717, 1.165) is 22.4 Å². The van der Waals surface area contributed by atoms with Crippen molar-refractivity contribution in [3.05, 3.63) is 88.6 Å². The molecule has 0 N–H and O–H groups in total. The number of ether oxygens (including phenoxy) is 3. The second kappa shape index (κ2) is 9.20. The Balaban J connectivity index is 1.84. The summed E-state index contributed by atoms with van der Waals surface area (Å²) in [4.78, 5) is 20.0. The monoisotopic (exact) mass is 442 g/mol. The molecule has 0 spiro atoms. The Morgan fingerprint density at radius 1 is 0.818 bits per heavy atom. The molecule has 168 valence electrons. The van der Waals surface area contributed by atoms with Gasteiger partial charge in [-0.15, -0.1) is 0 Å². The molecule has 0 bridgehead atoms. The van der Waals surface area contributed by atoms with Crippen LogP contribution in [0.2, 0.25) is 0 Å². The maximum Gasteiger partial charge on any atom is 0.282 e. The smallest absolute Gasteiger partial charge is 0.282 e. The average molecular weight is 443 g/mol. The molecular weight excluding hydrogens is 416 g/mol. The van der Waals surface area contributed by atoms with Crippen LogP contribution >= 0.6 is 0 Å².